The Morgan fingerprint density at radius 2 is 0.579 bits per heavy atom. The quantitative estimate of drug-likeness (QED) is 0.0270. The minimum absolute atomic E-state index is 0.818. The van der Waals surface area contributed by atoms with Gasteiger partial charge < -0.3 is 285 Å². The van der Waals surface area contributed by atoms with Crippen LogP contribution in [-0.2, 0) is 124 Å². The molecule has 10 aliphatic rings. The molecule has 0 aromatic rings. The lowest BCUT2D eigenvalue weighted by Gasteiger charge is -2.52. The summed E-state index contributed by atoms with van der Waals surface area (Å²) in [5, 5.41) is 377. The summed E-state index contributed by atoms with van der Waals surface area (Å²) in [6.45, 7) is -12.6. The Kier molecular flexibility index (Phi) is 41.8. The molecule has 0 unspecified atom stereocenters. The molecule has 38 N–H and O–H groups in total. The molecule has 10 heterocycles. The molecule has 52 atom stereocenters. The molecule has 10 fully saturated rings. The molecule has 0 radical (unpaired) electrons. The van der Waals surface area contributed by atoms with Crippen molar-refractivity contribution in [1.29, 1.82) is 0 Å². The summed E-state index contributed by atoms with van der Waals surface area (Å²) in [6, 6.07) is -10.3. The number of carbonyl (C=O) groups excluding carboxylic acids is 5. The lowest BCUT2D eigenvalue weighted by Crippen LogP contribution is -2.71. The molecular formula is C76H125N5O59. The van der Waals surface area contributed by atoms with Gasteiger partial charge in [-0.2, -0.15) is 0 Å². The van der Waals surface area contributed by atoms with E-state index in [9.17, 15) is 202 Å². The van der Waals surface area contributed by atoms with E-state index in [4.69, 9.17) is 90.0 Å². The number of ether oxygens (including phenoxy) is 19. The van der Waals surface area contributed by atoms with Crippen molar-refractivity contribution in [3.05, 3.63) is 0 Å². The molecule has 0 aromatic heterocycles. The second kappa shape index (κ2) is 50.3. The number of hydrogen-bond acceptors (Lipinski definition) is 57. The number of aliphatic hydroxyl groups is 31. The number of carboxylic acid groups (broad SMARTS) is 2. The third-order valence-corrected chi connectivity index (χ3v) is 25.0. The molecule has 64 nitrogen and oxygen atoms in total. The molecule has 808 valence electrons. The van der Waals surface area contributed by atoms with Crippen molar-refractivity contribution in [2.75, 3.05) is 79.3 Å². The minimum atomic E-state index is -3.42. The monoisotopic (exact) mass is 2050 g/mol. The number of nitrogens with one attached hydrogen (secondary N) is 5. The maximum absolute atomic E-state index is 13.4. The van der Waals surface area contributed by atoms with Gasteiger partial charge in [0.05, 0.1) is 90.4 Å². The number of hydrogen-bond donors (Lipinski definition) is 38. The van der Waals surface area contributed by atoms with Crippen molar-refractivity contribution in [2.24, 2.45) is 0 Å². The number of carboxylic acids is 2. The van der Waals surface area contributed by atoms with E-state index in [1.807, 2.05) is 10.6 Å². The molecular weight excluding hydrogens is 1930 g/mol. The molecule has 10 aliphatic heterocycles. The standard InChI is InChI=1S/C76H125N5O59/c1-18(93)77-37-46(108)55(132-71-53(115)63(43(105)26(9-85)125-71)139-75(73(118)119)4-21(96)35(80-33(100)15-91)59(137-75)40(102)23(98)6-82)29(12-88)127-66(37)122-17-32-45(107)62(52(114)70(130-32)131-56-30(13-89)128-67(38(47(56)109)78-19(2)94)135-61-42(104)25(8-84)124-69(51(61)113)134-58-28(11-87)123-65(117)50(112)49(58)111)136-68-39(79-20(3)95)48(110)57(31(14-90)129-68)133-72-54(116)64(44(106)27(10-86)126-72)140-76(74(120)121)5-22(97)36(81-34(101)16-92)60(138-76)41(103)24(99)7-83/h21-32,35-72,82-92,96-99,102-117H,4-17H2,1-3H3,(H,77,93)(H,78,94)(H,79,95)(H,80,100)(H,81,101)(H,118,119)(H,120,121)/t21-,22-,23+,24+,25+,26+,27+,28+,29+,30+,31+,32+,35+,36+,37+,38+,39+,40+,41+,42-,43-,44-,45-,46+,47+,48+,49+,50+,51+,52+,53+,54+,55+,56+,57+,58+,59+,60+,61-,62-,63-,64-,65+,66+,67-,68-,69-,70-,71-,72-,75-,76-/m0/s1. The zero-order valence-electron chi connectivity index (χ0n) is 74.1. The van der Waals surface area contributed by atoms with Crippen LogP contribution >= 0.6 is 0 Å². The smallest absolute Gasteiger partial charge is 0.364 e. The normalized spacial score (nSPS) is 45.7. The molecule has 0 bridgehead atoms. The van der Waals surface area contributed by atoms with E-state index in [1.165, 1.54) is 0 Å². The van der Waals surface area contributed by atoms with Crippen LogP contribution in [-0.4, -0.2) is 607 Å². The Labute approximate surface area is 788 Å². The maximum Gasteiger partial charge on any atom is 0.364 e. The summed E-state index contributed by atoms with van der Waals surface area (Å²) in [4.78, 5) is 91.4. The van der Waals surface area contributed by atoms with Crippen molar-refractivity contribution < 1.29 is 292 Å². The first-order valence-electron chi connectivity index (χ1n) is 43.7. The van der Waals surface area contributed by atoms with Crippen LogP contribution in [0.4, 0.5) is 0 Å². The number of rotatable bonds is 41. The highest BCUT2D eigenvalue weighted by Crippen LogP contribution is 2.44. The number of aliphatic carboxylic acids is 2. The Balaban J connectivity index is 0.962. The minimum Gasteiger partial charge on any atom is -0.477 e. The van der Waals surface area contributed by atoms with Gasteiger partial charge in [-0.05, 0) is 0 Å². The average molecular weight is 2050 g/mol. The van der Waals surface area contributed by atoms with Crippen LogP contribution in [0.1, 0.15) is 33.6 Å². The predicted octanol–water partition coefficient (Wildman–Crippen LogP) is -25.7. The Bertz CT molecular complexity index is 3970. The van der Waals surface area contributed by atoms with Crippen molar-refractivity contribution in [3.8, 4) is 0 Å². The average Bonchev–Trinajstić information content (AvgIpc) is 0.745. The van der Waals surface area contributed by atoms with Crippen LogP contribution in [0.3, 0.4) is 0 Å². The van der Waals surface area contributed by atoms with Crippen molar-refractivity contribution >= 4 is 41.5 Å². The topological polar surface area (TPSA) is 1020 Å². The fourth-order valence-electron chi connectivity index (χ4n) is 17.8. The summed E-state index contributed by atoms with van der Waals surface area (Å²) in [6.07, 6.45) is -106. The lowest BCUT2D eigenvalue weighted by molar-refractivity contribution is -0.393. The summed E-state index contributed by atoms with van der Waals surface area (Å²) < 4.78 is 111. The van der Waals surface area contributed by atoms with Gasteiger partial charge in [-0.25, -0.2) is 9.59 Å². The molecule has 10 rings (SSSR count). The van der Waals surface area contributed by atoms with E-state index in [2.05, 4.69) is 16.0 Å². The zero-order chi connectivity index (χ0) is 104. The first-order chi connectivity index (χ1) is 66.1. The summed E-state index contributed by atoms with van der Waals surface area (Å²) in [5.41, 5.74) is 0. The molecule has 140 heavy (non-hydrogen) atoms. The predicted molar refractivity (Wildman–Crippen MR) is 425 cm³/mol. The fraction of sp³-hybridized carbons (Fsp3) is 0.908. The highest BCUT2D eigenvalue weighted by atomic mass is 16.8. The highest BCUT2D eigenvalue weighted by molar-refractivity contribution is 5.79. The van der Waals surface area contributed by atoms with E-state index in [0.717, 1.165) is 20.8 Å². The van der Waals surface area contributed by atoms with Crippen LogP contribution in [0.25, 0.3) is 0 Å². The largest absolute Gasteiger partial charge is 0.477 e. The van der Waals surface area contributed by atoms with E-state index < -0.39 is 452 Å². The molecule has 10 saturated heterocycles. The molecule has 0 saturated carbocycles. The van der Waals surface area contributed by atoms with Gasteiger partial charge in [-0.1, -0.05) is 0 Å². The van der Waals surface area contributed by atoms with Gasteiger partial charge in [0.2, 0.25) is 29.5 Å². The Morgan fingerprint density at radius 1 is 0.307 bits per heavy atom. The van der Waals surface area contributed by atoms with Gasteiger partial charge in [0.25, 0.3) is 11.6 Å². The second-order valence-electron chi connectivity index (χ2n) is 34.6. The first-order valence-corrected chi connectivity index (χ1v) is 43.7. The molecule has 0 spiro atoms. The van der Waals surface area contributed by atoms with Gasteiger partial charge in [0.1, 0.15) is 245 Å². The van der Waals surface area contributed by atoms with Crippen LogP contribution < -0.4 is 26.6 Å². The first kappa shape index (κ1) is 116. The van der Waals surface area contributed by atoms with Crippen molar-refractivity contribution in [3.63, 3.8) is 0 Å². The van der Waals surface area contributed by atoms with E-state index in [1.54, 1.807) is 0 Å². The van der Waals surface area contributed by atoms with E-state index >= 15 is 0 Å². The lowest BCUT2D eigenvalue weighted by atomic mass is 9.88. The maximum atomic E-state index is 13.4. The second-order valence-corrected chi connectivity index (χ2v) is 34.6. The SMILES string of the molecule is CC(=O)N[C@H]1[C@H](OC[C@H]2O[C@@H](O[C@H]3[C@H](O)[C@@H](NC(C)=O)[C@H](O[C@H]4[C@@H](O)[C@@H](CO)O[C@@H](O[C@H]5[C@H](O)[C@@H](O)[C@H](O)O[C@@H]5CO)[C@@H]4O)O[C@@H]3CO)[C@H](O)[C@@H](O[C@@H]3O[C@H](CO)[C@@H](O[C@@H]4O[C@H](CO)[C@H](O)[C@H](O[C@]5(C(=O)O)C[C@H](O)[C@@H](NC(=O)CO)[C@H]([C@H](O)[C@H](O)CO)O5)[C@H]4O)[C@H](O)[C@H]3NC(C)=O)[C@H]2O)O[C@H](CO)[C@@H](O[C@@H]2O[C@H](CO)[C@H](O)[C@H](O[C@]3(C(=O)O)C[C@H](O)[C@@H](NC(=O)CO)[C@H]([C@H](O)[C@H](O)CO)O3)[C@H]2O)[C@@H]1O. The van der Waals surface area contributed by atoms with Crippen LogP contribution in [0, 0.1) is 0 Å². The zero-order valence-corrected chi connectivity index (χ0v) is 74.1. The van der Waals surface area contributed by atoms with Gasteiger partial charge >= 0.3 is 11.9 Å². The van der Waals surface area contributed by atoms with Crippen LogP contribution in [0.15, 0.2) is 0 Å². The summed E-state index contributed by atoms with van der Waals surface area (Å²) >= 11 is 0. The van der Waals surface area contributed by atoms with Gasteiger partial charge in [-0.15, -0.1) is 0 Å². The molecule has 5 amide bonds. The molecule has 64 heteroatoms. The molecule has 0 aromatic carbocycles. The summed E-state index contributed by atoms with van der Waals surface area (Å²) in [7, 11) is 0. The van der Waals surface area contributed by atoms with Crippen LogP contribution in [0.5, 0.6) is 0 Å². The highest BCUT2D eigenvalue weighted by Gasteiger charge is 2.66. The van der Waals surface area contributed by atoms with Gasteiger partial charge in [0, 0.05) is 33.6 Å². The van der Waals surface area contributed by atoms with Gasteiger partial charge in [0.15, 0.2) is 50.3 Å². The Morgan fingerprint density at radius 3 is 0.886 bits per heavy atom. The van der Waals surface area contributed by atoms with E-state index in [0.29, 0.717) is 0 Å². The van der Waals surface area contributed by atoms with Crippen molar-refractivity contribution in [2.45, 2.75) is 352 Å². The Hall–Kier alpha value is -5.71. The van der Waals surface area contributed by atoms with Crippen molar-refractivity contribution in [1.82, 2.24) is 26.6 Å². The number of amides is 5. The third kappa shape index (κ3) is 25.5. The number of carbonyl (C=O) groups is 7. The van der Waals surface area contributed by atoms with Crippen LogP contribution in [0.2, 0.25) is 0 Å². The van der Waals surface area contributed by atoms with Gasteiger partial charge in [-0.3, -0.25) is 24.0 Å². The third-order valence-electron chi connectivity index (χ3n) is 25.0. The molecule has 0 aliphatic carbocycles. The van der Waals surface area contributed by atoms with E-state index in [-0.39, 0.29) is 0 Å². The summed E-state index contributed by atoms with van der Waals surface area (Å²) in [5.74, 6) is -17.1. The fourth-order valence-corrected chi connectivity index (χ4v) is 17.8. The number of aliphatic hydroxyl groups excluding tert-OH is 31.